The molecular formula is C27H35FN10O8P2S2. The lowest BCUT2D eigenvalue weighted by Gasteiger charge is -2.30. The number of nitriles is 1. The SMILES string of the molecule is CC(C)C(=O)Nc1nc2c(nnn2[C@@H]2C[C@@H]3COP(O)(=S)O[C@@H]4[C@@H](COP(=S)(OCCC#N)O[C@@H]2C3)C[C@@H](Nc2ccncn2)[C@H]4F)c(=O)[nH]1. The van der Waals surface area contributed by atoms with Crippen molar-refractivity contribution in [3.63, 3.8) is 0 Å². The monoisotopic (exact) mass is 772 g/mol. The van der Waals surface area contributed by atoms with Gasteiger partial charge < -0.3 is 32.8 Å². The first kappa shape index (κ1) is 36.9. The number of amides is 1. The van der Waals surface area contributed by atoms with Gasteiger partial charge in [0, 0.05) is 18.0 Å². The van der Waals surface area contributed by atoms with Gasteiger partial charge in [-0.25, -0.2) is 19.0 Å². The lowest BCUT2D eigenvalue weighted by Crippen LogP contribution is -2.34. The summed E-state index contributed by atoms with van der Waals surface area (Å²) in [5.74, 6) is -1.45. The molecule has 3 fully saturated rings. The van der Waals surface area contributed by atoms with Gasteiger partial charge in [0.25, 0.3) is 5.56 Å². The third-order valence-electron chi connectivity index (χ3n) is 8.52. The van der Waals surface area contributed by atoms with Gasteiger partial charge in [-0.3, -0.25) is 19.9 Å². The Hall–Kier alpha value is -2.89. The average molecular weight is 773 g/mol. The summed E-state index contributed by atoms with van der Waals surface area (Å²) >= 11 is 11.2. The van der Waals surface area contributed by atoms with Crippen molar-refractivity contribution in [2.75, 3.05) is 30.5 Å². The highest BCUT2D eigenvalue weighted by molar-refractivity contribution is 8.07. The van der Waals surface area contributed by atoms with Crippen LogP contribution in [0.5, 0.6) is 0 Å². The maximum Gasteiger partial charge on any atom is 0.327 e. The van der Waals surface area contributed by atoms with Crippen molar-refractivity contribution in [1.29, 1.82) is 5.26 Å². The summed E-state index contributed by atoms with van der Waals surface area (Å²) in [6, 6.07) is 2.14. The number of fused-ring (bicyclic) bond motifs is 4. The highest BCUT2D eigenvalue weighted by atomic mass is 32.5. The highest BCUT2D eigenvalue weighted by Crippen LogP contribution is 2.58. The summed E-state index contributed by atoms with van der Waals surface area (Å²) in [4.78, 5) is 51.3. The Morgan fingerprint density at radius 3 is 2.84 bits per heavy atom. The molecule has 2 aliphatic carbocycles. The lowest BCUT2D eigenvalue weighted by atomic mass is 10.1. The Labute approximate surface area is 295 Å². The van der Waals surface area contributed by atoms with Crippen LogP contribution in [0.25, 0.3) is 11.2 Å². The summed E-state index contributed by atoms with van der Waals surface area (Å²) < 4.78 is 47.6. The third kappa shape index (κ3) is 8.42. The molecule has 18 nitrogen and oxygen atoms in total. The molecule has 4 heterocycles. The van der Waals surface area contributed by atoms with Gasteiger partial charge in [-0.1, -0.05) is 19.1 Å². The number of hydrogen-bond acceptors (Lipinski definition) is 16. The number of anilines is 2. The molecule has 2 unspecified atom stereocenters. The van der Waals surface area contributed by atoms with E-state index in [1.807, 2.05) is 6.07 Å². The topological polar surface area (TPSA) is 234 Å². The smallest absolute Gasteiger partial charge is 0.327 e. The molecule has 3 aromatic rings. The van der Waals surface area contributed by atoms with E-state index in [0.717, 1.165) is 0 Å². The van der Waals surface area contributed by atoms with Crippen LogP contribution in [0.15, 0.2) is 23.4 Å². The number of hydrogen-bond donors (Lipinski definition) is 4. The zero-order chi connectivity index (χ0) is 35.6. The van der Waals surface area contributed by atoms with Crippen LogP contribution >= 0.6 is 13.4 Å². The molecule has 6 rings (SSSR count). The van der Waals surface area contributed by atoms with E-state index in [0.29, 0.717) is 12.2 Å². The van der Waals surface area contributed by atoms with Crippen molar-refractivity contribution in [1.82, 2.24) is 34.9 Å². The van der Waals surface area contributed by atoms with Crippen molar-refractivity contribution in [3.8, 4) is 6.07 Å². The molecule has 50 heavy (non-hydrogen) atoms. The van der Waals surface area contributed by atoms with Crippen molar-refractivity contribution in [2.24, 2.45) is 17.8 Å². The number of alkyl halides is 1. The van der Waals surface area contributed by atoms with Crippen LogP contribution in [-0.2, 0) is 51.0 Å². The van der Waals surface area contributed by atoms with Gasteiger partial charge in [0.1, 0.15) is 24.4 Å². The number of carbonyl (C=O) groups excluding carboxylic acids is 1. The molecule has 1 amide bonds. The standard InChI is InChI=1S/C27H35FN10O8P2S2/c1-14(2)25(39)34-27-33-24-22(26(40)35-27)36-37-38(24)18-8-15-9-19(18)45-48(50,42-7-3-5-29)44-12-16-10-17(32-20-4-6-30-13-31-20)21(28)23(16)46-47(41,49)43-11-15/h4,6,13-19,21,23H,3,7-12H2,1-2H3,(H,41,49)(H,30,31,32)(H2,33,34,35,39,40)/t15-,16+,17+,18+,19+,21+,23+,47?,48?/m0/s1. The third-order valence-corrected chi connectivity index (χ3v) is 12.5. The Morgan fingerprint density at radius 1 is 1.28 bits per heavy atom. The molecule has 3 aromatic heterocycles. The number of aromatic nitrogens is 7. The molecule has 9 atom stereocenters. The van der Waals surface area contributed by atoms with Crippen molar-refractivity contribution in [3.05, 3.63) is 28.9 Å². The average Bonchev–Trinajstić information content (AvgIpc) is 3.75. The van der Waals surface area contributed by atoms with Gasteiger partial charge in [-0.05, 0) is 54.9 Å². The van der Waals surface area contributed by atoms with E-state index in [1.54, 1.807) is 19.9 Å². The molecular weight excluding hydrogens is 737 g/mol. The maximum absolute atomic E-state index is 16.0. The van der Waals surface area contributed by atoms with E-state index in [9.17, 15) is 19.7 Å². The van der Waals surface area contributed by atoms with Crippen LogP contribution in [0.4, 0.5) is 16.2 Å². The van der Waals surface area contributed by atoms with E-state index in [1.165, 1.54) is 17.2 Å². The molecule has 2 saturated carbocycles. The minimum absolute atomic E-state index is 0.00105. The molecule has 4 N–H and O–H groups in total. The van der Waals surface area contributed by atoms with Gasteiger partial charge in [0.2, 0.25) is 11.9 Å². The minimum atomic E-state index is -3.98. The minimum Gasteiger partial charge on any atom is -0.364 e. The quantitative estimate of drug-likeness (QED) is 0.190. The first-order valence-electron chi connectivity index (χ1n) is 15.8. The number of H-pyrrole nitrogens is 1. The fraction of sp³-hybridized carbons (Fsp3) is 0.630. The fourth-order valence-corrected chi connectivity index (χ4v) is 9.81. The predicted molar refractivity (Wildman–Crippen MR) is 182 cm³/mol. The summed E-state index contributed by atoms with van der Waals surface area (Å²) in [5.41, 5.74) is -0.609. The van der Waals surface area contributed by atoms with E-state index >= 15 is 4.39 Å². The summed E-state index contributed by atoms with van der Waals surface area (Å²) in [6.07, 6.45) is -0.0386. The molecule has 0 aromatic carbocycles. The van der Waals surface area contributed by atoms with Crippen LogP contribution in [0.3, 0.4) is 0 Å². The zero-order valence-corrected chi connectivity index (χ0v) is 30.2. The molecule has 3 aliphatic rings. The summed E-state index contributed by atoms with van der Waals surface area (Å²) in [7, 11) is 0. The number of aromatic amines is 1. The van der Waals surface area contributed by atoms with Crippen LogP contribution < -0.4 is 16.2 Å². The van der Waals surface area contributed by atoms with E-state index in [2.05, 4.69) is 40.9 Å². The lowest BCUT2D eigenvalue weighted by molar-refractivity contribution is -0.118. The molecule has 270 valence electrons. The van der Waals surface area contributed by atoms with Gasteiger partial charge in [0.05, 0.1) is 50.5 Å². The fourth-order valence-electron chi connectivity index (χ4n) is 6.09. The molecule has 1 saturated heterocycles. The highest BCUT2D eigenvalue weighted by Gasteiger charge is 2.49. The Morgan fingerprint density at radius 2 is 2.10 bits per heavy atom. The van der Waals surface area contributed by atoms with Crippen LogP contribution in [0.1, 0.15) is 45.6 Å². The van der Waals surface area contributed by atoms with Gasteiger partial charge >= 0.3 is 13.4 Å². The zero-order valence-electron chi connectivity index (χ0n) is 26.8. The van der Waals surface area contributed by atoms with Crippen molar-refractivity contribution >= 4 is 65.9 Å². The number of nitrogens with one attached hydrogen (secondary N) is 3. The Balaban J connectivity index is 1.31. The molecule has 23 heteroatoms. The Bertz CT molecular complexity index is 1900. The number of rotatable bonds is 8. The second kappa shape index (κ2) is 15.4. The Kier molecular flexibility index (Phi) is 11.3. The van der Waals surface area contributed by atoms with E-state index in [-0.39, 0.29) is 73.9 Å². The number of carbonyl (C=O) groups is 1. The second-order valence-corrected chi connectivity index (χ2v) is 18.2. The van der Waals surface area contributed by atoms with Crippen molar-refractivity contribution in [2.45, 2.75) is 70.0 Å². The summed E-state index contributed by atoms with van der Waals surface area (Å²) in [5, 5.41) is 23.1. The van der Waals surface area contributed by atoms with E-state index < -0.39 is 55.4 Å². The second-order valence-electron chi connectivity index (χ2n) is 12.4. The first-order chi connectivity index (χ1) is 23.8. The molecule has 0 spiro atoms. The van der Waals surface area contributed by atoms with Gasteiger partial charge in [-0.15, -0.1) is 5.10 Å². The molecule has 2 bridgehead atoms. The van der Waals surface area contributed by atoms with Crippen LogP contribution in [-0.4, -0.2) is 90.0 Å². The molecule has 1 aliphatic heterocycles. The normalized spacial score (nSPS) is 33.2. The summed E-state index contributed by atoms with van der Waals surface area (Å²) in [6.45, 7) is -4.63. The van der Waals surface area contributed by atoms with Crippen LogP contribution in [0.2, 0.25) is 0 Å². The van der Waals surface area contributed by atoms with Gasteiger partial charge in [-0.2, -0.15) is 10.2 Å². The number of nitrogens with zero attached hydrogens (tertiary/aromatic N) is 7. The van der Waals surface area contributed by atoms with Gasteiger partial charge in [0.15, 0.2) is 11.2 Å². The maximum atomic E-state index is 16.0. The predicted octanol–water partition coefficient (Wildman–Crippen LogP) is 2.88. The van der Waals surface area contributed by atoms with Crippen LogP contribution in [0, 0.1) is 29.1 Å². The van der Waals surface area contributed by atoms with E-state index in [4.69, 9.17) is 46.2 Å². The number of halogens is 1. The van der Waals surface area contributed by atoms with Crippen molar-refractivity contribution < 1.29 is 36.7 Å². The largest absolute Gasteiger partial charge is 0.364 e. The molecule has 0 radical (unpaired) electrons. The first-order valence-corrected chi connectivity index (χ1v) is 20.9.